The molecule has 0 radical (unpaired) electrons. The Morgan fingerprint density at radius 3 is 2.81 bits per heavy atom. The number of halogens is 2. The molecule has 2 rings (SSSR count). The number of aromatic nitrogens is 2. The van der Waals surface area contributed by atoms with Gasteiger partial charge in [-0.2, -0.15) is 5.10 Å². The summed E-state index contributed by atoms with van der Waals surface area (Å²) in [5.41, 5.74) is 1.89. The van der Waals surface area contributed by atoms with Crippen LogP contribution in [0, 0.1) is 19.7 Å². The van der Waals surface area contributed by atoms with E-state index >= 15 is 0 Å². The second kappa shape index (κ2) is 6.36. The smallest absolute Gasteiger partial charge is 0.274 e. The van der Waals surface area contributed by atoms with Gasteiger partial charge in [0.25, 0.3) is 5.91 Å². The summed E-state index contributed by atoms with van der Waals surface area (Å²) in [5, 5.41) is 15.5. The first-order valence-electron chi connectivity index (χ1n) is 6.34. The average Bonchev–Trinajstić information content (AvgIpc) is 2.77. The van der Waals surface area contributed by atoms with E-state index in [1.165, 1.54) is 16.9 Å². The fourth-order valence-corrected chi connectivity index (χ4v) is 2.29. The third kappa shape index (κ3) is 3.30. The predicted octanol–water partition coefficient (Wildman–Crippen LogP) is 2.65. The molecule has 1 heterocycles. The van der Waals surface area contributed by atoms with Gasteiger partial charge in [0.05, 0.1) is 25.0 Å². The van der Waals surface area contributed by atoms with Crippen LogP contribution in [-0.2, 0) is 6.54 Å². The van der Waals surface area contributed by atoms with Gasteiger partial charge in [-0.1, -0.05) is 15.9 Å². The van der Waals surface area contributed by atoms with Crippen molar-refractivity contribution in [2.45, 2.75) is 20.4 Å². The summed E-state index contributed by atoms with van der Waals surface area (Å²) in [6.07, 6.45) is 1.54. The maximum Gasteiger partial charge on any atom is 0.274 e. The van der Waals surface area contributed by atoms with Crippen LogP contribution in [0.2, 0.25) is 0 Å². The first-order valence-corrected chi connectivity index (χ1v) is 7.13. The zero-order valence-electron chi connectivity index (χ0n) is 11.7. The molecule has 7 heteroatoms. The second-order valence-corrected chi connectivity index (χ2v) is 5.51. The summed E-state index contributed by atoms with van der Waals surface area (Å²) >= 11 is 3.23. The fourth-order valence-electron chi connectivity index (χ4n) is 1.97. The number of nitrogens with zero attached hydrogens (tertiary/aromatic N) is 2. The van der Waals surface area contributed by atoms with Gasteiger partial charge in [-0.3, -0.25) is 9.48 Å². The van der Waals surface area contributed by atoms with Gasteiger partial charge >= 0.3 is 0 Å². The normalized spacial score (nSPS) is 10.7. The fraction of sp³-hybridized carbons (Fsp3) is 0.286. The molecule has 0 spiro atoms. The molecule has 0 saturated carbocycles. The van der Waals surface area contributed by atoms with Crippen molar-refractivity contribution in [1.29, 1.82) is 0 Å². The number of nitrogens with one attached hydrogen (secondary N) is 1. The first kappa shape index (κ1) is 15.7. The number of carbonyl (C=O) groups excluding carboxylic acids is 1. The van der Waals surface area contributed by atoms with Crippen LogP contribution >= 0.6 is 15.9 Å². The summed E-state index contributed by atoms with van der Waals surface area (Å²) in [6, 6.07) is 2.86. The largest absolute Gasteiger partial charge is 0.394 e. The molecule has 2 N–H and O–H groups in total. The molecule has 1 amide bonds. The molecule has 0 bridgehead atoms. The highest BCUT2D eigenvalue weighted by molar-refractivity contribution is 9.10. The third-order valence-corrected chi connectivity index (χ3v) is 3.90. The number of aliphatic hydroxyl groups is 1. The summed E-state index contributed by atoms with van der Waals surface area (Å²) in [5.74, 6) is -0.981. The number of benzene rings is 1. The van der Waals surface area contributed by atoms with Gasteiger partial charge in [-0.15, -0.1) is 0 Å². The highest BCUT2D eigenvalue weighted by Gasteiger charge is 2.18. The molecule has 0 fully saturated rings. The Morgan fingerprint density at radius 2 is 2.14 bits per heavy atom. The van der Waals surface area contributed by atoms with Crippen LogP contribution in [0.1, 0.15) is 21.6 Å². The van der Waals surface area contributed by atoms with Crippen molar-refractivity contribution in [3.05, 3.63) is 45.4 Å². The monoisotopic (exact) mass is 355 g/mol. The summed E-state index contributed by atoms with van der Waals surface area (Å²) in [4.78, 5) is 12.3. The summed E-state index contributed by atoms with van der Waals surface area (Å²) in [6.45, 7) is 3.62. The quantitative estimate of drug-likeness (QED) is 0.885. The van der Waals surface area contributed by atoms with Crippen molar-refractivity contribution in [2.75, 3.05) is 11.9 Å². The van der Waals surface area contributed by atoms with Gasteiger partial charge in [0, 0.05) is 4.47 Å². The van der Waals surface area contributed by atoms with Crippen molar-refractivity contribution in [2.24, 2.45) is 0 Å². The number of amides is 1. The highest BCUT2D eigenvalue weighted by Crippen LogP contribution is 2.24. The second-order valence-electron chi connectivity index (χ2n) is 4.66. The molecule has 21 heavy (non-hydrogen) atoms. The van der Waals surface area contributed by atoms with Gasteiger partial charge < -0.3 is 10.4 Å². The standard InChI is InChI=1S/C14H15BrFN3O2/c1-8-5-12(11(16)6-10(8)15)18-14(21)13-9(2)7-17-19(13)3-4-20/h5-7,20H,3-4H2,1-2H3,(H,18,21). The lowest BCUT2D eigenvalue weighted by molar-refractivity contribution is 0.101. The Hall–Kier alpha value is -1.73. The predicted molar refractivity (Wildman–Crippen MR) is 80.8 cm³/mol. The van der Waals surface area contributed by atoms with E-state index in [1.807, 2.05) is 0 Å². The van der Waals surface area contributed by atoms with Gasteiger partial charge in [0.15, 0.2) is 0 Å². The average molecular weight is 356 g/mol. The van der Waals surface area contributed by atoms with Crippen molar-refractivity contribution in [1.82, 2.24) is 9.78 Å². The lowest BCUT2D eigenvalue weighted by Gasteiger charge is -2.10. The van der Waals surface area contributed by atoms with E-state index in [2.05, 4.69) is 26.3 Å². The number of aryl methyl sites for hydroxylation is 2. The van der Waals surface area contributed by atoms with Crippen LogP contribution in [0.3, 0.4) is 0 Å². The molecule has 1 aromatic carbocycles. The number of anilines is 1. The number of hydrogen-bond acceptors (Lipinski definition) is 3. The number of carbonyl (C=O) groups is 1. The SMILES string of the molecule is Cc1cc(NC(=O)c2c(C)cnn2CCO)c(F)cc1Br. The summed E-state index contributed by atoms with van der Waals surface area (Å²) < 4.78 is 15.9. The van der Waals surface area contributed by atoms with Crippen LogP contribution in [-0.4, -0.2) is 27.4 Å². The lowest BCUT2D eigenvalue weighted by Crippen LogP contribution is -2.20. The Labute approximate surface area is 129 Å². The minimum absolute atomic E-state index is 0.108. The molecular weight excluding hydrogens is 341 g/mol. The van der Waals surface area contributed by atoms with Crippen LogP contribution in [0.25, 0.3) is 0 Å². The Kier molecular flexibility index (Phi) is 4.74. The van der Waals surface area contributed by atoms with Crippen LogP contribution in [0.5, 0.6) is 0 Å². The van der Waals surface area contributed by atoms with Crippen LogP contribution in [0.15, 0.2) is 22.8 Å². The molecule has 0 saturated heterocycles. The number of aliphatic hydroxyl groups excluding tert-OH is 1. The molecular formula is C14H15BrFN3O2. The van der Waals surface area contributed by atoms with Crippen molar-refractivity contribution in [3.63, 3.8) is 0 Å². The van der Waals surface area contributed by atoms with E-state index in [1.54, 1.807) is 19.9 Å². The molecule has 0 aliphatic rings. The Bertz CT molecular complexity index is 685. The zero-order chi connectivity index (χ0) is 15.6. The number of rotatable bonds is 4. The molecule has 0 aliphatic heterocycles. The van der Waals surface area contributed by atoms with Gasteiger partial charge in [-0.05, 0) is 37.1 Å². The highest BCUT2D eigenvalue weighted by atomic mass is 79.9. The molecule has 5 nitrogen and oxygen atoms in total. The summed E-state index contributed by atoms with van der Waals surface area (Å²) in [7, 11) is 0. The lowest BCUT2D eigenvalue weighted by atomic mass is 10.2. The molecule has 0 aliphatic carbocycles. The maximum atomic E-state index is 13.9. The Balaban J connectivity index is 2.30. The molecule has 0 atom stereocenters. The van der Waals surface area contributed by atoms with Crippen LogP contribution in [0.4, 0.5) is 10.1 Å². The molecule has 0 unspecified atom stereocenters. The van der Waals surface area contributed by atoms with E-state index in [4.69, 9.17) is 5.11 Å². The van der Waals surface area contributed by atoms with Gasteiger partial charge in [0.1, 0.15) is 11.5 Å². The molecule has 112 valence electrons. The van der Waals surface area contributed by atoms with E-state index in [0.29, 0.717) is 15.7 Å². The minimum atomic E-state index is -0.522. The first-order chi connectivity index (χ1) is 9.93. The van der Waals surface area contributed by atoms with E-state index in [-0.39, 0.29) is 18.8 Å². The van der Waals surface area contributed by atoms with Gasteiger partial charge in [0.2, 0.25) is 0 Å². The van der Waals surface area contributed by atoms with E-state index in [9.17, 15) is 9.18 Å². The topological polar surface area (TPSA) is 67.2 Å². The van der Waals surface area contributed by atoms with Crippen molar-refractivity contribution >= 4 is 27.5 Å². The van der Waals surface area contributed by atoms with E-state index < -0.39 is 11.7 Å². The van der Waals surface area contributed by atoms with Crippen molar-refractivity contribution in [3.8, 4) is 0 Å². The molecule has 1 aromatic heterocycles. The number of hydrogen-bond donors (Lipinski definition) is 2. The maximum absolute atomic E-state index is 13.9. The Morgan fingerprint density at radius 1 is 1.43 bits per heavy atom. The van der Waals surface area contributed by atoms with E-state index in [0.717, 1.165) is 5.56 Å². The van der Waals surface area contributed by atoms with Crippen LogP contribution < -0.4 is 5.32 Å². The molecule has 2 aromatic rings. The zero-order valence-corrected chi connectivity index (χ0v) is 13.2. The third-order valence-electron chi connectivity index (χ3n) is 3.05. The van der Waals surface area contributed by atoms with Gasteiger partial charge in [-0.25, -0.2) is 4.39 Å². The minimum Gasteiger partial charge on any atom is -0.394 e. The van der Waals surface area contributed by atoms with Crippen molar-refractivity contribution < 1.29 is 14.3 Å².